The first-order valence-electron chi connectivity index (χ1n) is 8.18. The summed E-state index contributed by atoms with van der Waals surface area (Å²) >= 11 is 0. The molecule has 0 bridgehead atoms. The molecule has 5 nitrogen and oxygen atoms in total. The monoisotopic (exact) mass is 330 g/mol. The number of rotatable bonds is 5. The van der Waals surface area contributed by atoms with Crippen LogP contribution >= 0.6 is 0 Å². The van der Waals surface area contributed by atoms with Crippen LogP contribution in [-0.2, 0) is 9.31 Å². The molecule has 0 aromatic heterocycles. The van der Waals surface area contributed by atoms with Gasteiger partial charge in [0.25, 0.3) is 0 Å². The van der Waals surface area contributed by atoms with Gasteiger partial charge in [-0.2, -0.15) is 0 Å². The van der Waals surface area contributed by atoms with Crippen LogP contribution in [0.2, 0.25) is 0 Å². The molecule has 0 radical (unpaired) electrons. The average molecular weight is 330 g/mol. The lowest BCUT2D eigenvalue weighted by Crippen LogP contribution is -2.41. The molecule has 0 unspecified atom stereocenters. The molecule has 3 N–H and O–H groups in total. The Morgan fingerprint density at radius 1 is 1.25 bits per heavy atom. The first-order chi connectivity index (χ1) is 11.1. The zero-order valence-electron chi connectivity index (χ0n) is 15.4. The van der Waals surface area contributed by atoms with Gasteiger partial charge in [-0.15, -0.1) is 0 Å². The maximum Gasteiger partial charge on any atom is 0.491 e. The fraction of sp³-hybridized carbons (Fsp3) is 0.500. The van der Waals surface area contributed by atoms with E-state index in [1.807, 2.05) is 46.9 Å². The van der Waals surface area contributed by atoms with Crippen molar-refractivity contribution in [1.29, 1.82) is 0 Å². The number of nitrogen functional groups attached to an aromatic ring is 1. The van der Waals surface area contributed by atoms with E-state index in [2.05, 4.69) is 5.32 Å². The van der Waals surface area contributed by atoms with E-state index in [1.165, 1.54) is 6.92 Å². The summed E-state index contributed by atoms with van der Waals surface area (Å²) in [6.07, 6.45) is 1.97. The molecule has 1 fully saturated rings. The molecule has 130 valence electrons. The van der Waals surface area contributed by atoms with E-state index in [0.29, 0.717) is 17.8 Å². The number of hydrogen-bond acceptors (Lipinski definition) is 5. The molecular weight excluding hydrogens is 303 g/mol. The fourth-order valence-electron chi connectivity index (χ4n) is 2.53. The summed E-state index contributed by atoms with van der Waals surface area (Å²) in [7, 11) is 1.44. The quantitative estimate of drug-likeness (QED) is 0.493. The number of likely N-dealkylation sites (N-methyl/N-ethyl adjacent to an activating group) is 1. The minimum Gasteiger partial charge on any atom is -0.400 e. The van der Waals surface area contributed by atoms with Crippen molar-refractivity contribution in [3.05, 3.63) is 34.8 Å². The second-order valence-corrected chi connectivity index (χ2v) is 7.24. The topological polar surface area (TPSA) is 73.6 Å². The smallest absolute Gasteiger partial charge is 0.400 e. The van der Waals surface area contributed by atoms with E-state index in [-0.39, 0.29) is 5.78 Å². The maximum atomic E-state index is 11.5. The molecular formula is C18H27BN2O3. The summed E-state index contributed by atoms with van der Waals surface area (Å²) in [5.41, 5.74) is 8.30. The highest BCUT2D eigenvalue weighted by atomic mass is 16.7. The molecule has 0 spiro atoms. The Balaban J connectivity index is 2.35. The number of anilines is 1. The third-order valence-electron chi connectivity index (χ3n) is 4.77. The van der Waals surface area contributed by atoms with E-state index in [4.69, 9.17) is 15.0 Å². The molecule has 1 saturated heterocycles. The van der Waals surface area contributed by atoms with Crippen LogP contribution in [0.15, 0.2) is 23.7 Å². The number of benzene rings is 1. The van der Waals surface area contributed by atoms with Gasteiger partial charge in [0.2, 0.25) is 0 Å². The van der Waals surface area contributed by atoms with Gasteiger partial charge in [0.05, 0.1) is 11.2 Å². The predicted octanol–water partition coefficient (Wildman–Crippen LogP) is 2.71. The highest BCUT2D eigenvalue weighted by molar-refractivity contribution is 6.56. The average Bonchev–Trinajstić information content (AvgIpc) is 2.68. The van der Waals surface area contributed by atoms with Crippen molar-refractivity contribution in [2.45, 2.75) is 45.8 Å². The van der Waals surface area contributed by atoms with Crippen molar-refractivity contribution in [1.82, 2.24) is 5.32 Å². The third-order valence-corrected chi connectivity index (χ3v) is 4.77. The predicted molar refractivity (Wildman–Crippen MR) is 98.8 cm³/mol. The van der Waals surface area contributed by atoms with E-state index >= 15 is 0 Å². The summed E-state index contributed by atoms with van der Waals surface area (Å²) in [6, 6.07) is 5.34. The van der Waals surface area contributed by atoms with Crippen molar-refractivity contribution in [3.8, 4) is 0 Å². The molecule has 2 rings (SSSR count). The normalized spacial score (nSPS) is 19.6. The van der Waals surface area contributed by atoms with E-state index in [0.717, 1.165) is 11.0 Å². The largest absolute Gasteiger partial charge is 0.491 e. The first-order valence-corrected chi connectivity index (χ1v) is 8.18. The summed E-state index contributed by atoms with van der Waals surface area (Å²) in [5, 5.41) is 3.15. The molecule has 1 heterocycles. The van der Waals surface area contributed by atoms with Crippen molar-refractivity contribution in [2.24, 2.45) is 0 Å². The van der Waals surface area contributed by atoms with Crippen LogP contribution < -0.4 is 11.1 Å². The van der Waals surface area contributed by atoms with Crippen LogP contribution in [0.1, 0.15) is 50.5 Å². The molecule has 0 amide bonds. The molecule has 0 atom stereocenters. The van der Waals surface area contributed by atoms with Gasteiger partial charge in [0, 0.05) is 17.8 Å². The summed E-state index contributed by atoms with van der Waals surface area (Å²) in [6.45, 7) is 10.3. The minimum atomic E-state index is -0.436. The Kier molecular flexibility index (Phi) is 5.23. The standard InChI is InChI=1S/C18H27BN2O3/c1-12(22)13-7-8-14(16(20)10-13)9-15(11-21-6)19-23-17(2,3)18(4,5)24-19/h7-10,21H,11,20H2,1-6H3. The van der Waals surface area contributed by atoms with Crippen molar-refractivity contribution in [3.63, 3.8) is 0 Å². The van der Waals surface area contributed by atoms with Gasteiger partial charge in [-0.25, -0.2) is 0 Å². The SMILES string of the molecule is CNCC(=Cc1ccc(C(C)=O)cc1N)B1OC(C)(C)C(C)(C)O1. The third kappa shape index (κ3) is 3.71. The number of carbonyl (C=O) groups excluding carboxylic acids is 1. The fourth-order valence-corrected chi connectivity index (χ4v) is 2.53. The number of nitrogens with two attached hydrogens (primary N) is 1. The zero-order valence-corrected chi connectivity index (χ0v) is 15.4. The van der Waals surface area contributed by atoms with Crippen LogP contribution in [0.5, 0.6) is 0 Å². The minimum absolute atomic E-state index is 0.00126. The molecule has 24 heavy (non-hydrogen) atoms. The van der Waals surface area contributed by atoms with E-state index < -0.39 is 18.3 Å². The Bertz CT molecular complexity index is 652. The number of carbonyl (C=O) groups is 1. The second-order valence-electron chi connectivity index (χ2n) is 7.24. The Morgan fingerprint density at radius 3 is 2.29 bits per heavy atom. The van der Waals surface area contributed by atoms with Gasteiger partial charge >= 0.3 is 7.12 Å². The lowest BCUT2D eigenvalue weighted by Gasteiger charge is -2.32. The highest BCUT2D eigenvalue weighted by Gasteiger charge is 2.52. The number of Topliss-reactive ketones (excluding diaryl/α,β-unsaturated/α-hetero) is 1. The highest BCUT2D eigenvalue weighted by Crippen LogP contribution is 2.38. The molecule has 0 aliphatic carbocycles. The molecule has 0 saturated carbocycles. The van der Waals surface area contributed by atoms with Crippen LogP contribution in [-0.4, -0.2) is 37.7 Å². The zero-order chi connectivity index (χ0) is 18.1. The summed E-state index contributed by atoms with van der Waals surface area (Å²) in [5.74, 6) is -0.00126. The number of hydrogen-bond donors (Lipinski definition) is 2. The Hall–Kier alpha value is -1.63. The summed E-state index contributed by atoms with van der Waals surface area (Å²) < 4.78 is 12.3. The summed E-state index contributed by atoms with van der Waals surface area (Å²) in [4.78, 5) is 11.5. The van der Waals surface area contributed by atoms with Gasteiger partial charge in [-0.05, 0) is 58.8 Å². The molecule has 6 heteroatoms. The van der Waals surface area contributed by atoms with Crippen LogP contribution in [0.4, 0.5) is 5.69 Å². The molecule has 1 aliphatic rings. The van der Waals surface area contributed by atoms with Crippen molar-refractivity contribution < 1.29 is 14.1 Å². The van der Waals surface area contributed by atoms with E-state index in [1.54, 1.807) is 12.1 Å². The van der Waals surface area contributed by atoms with Gasteiger partial charge in [-0.1, -0.05) is 18.2 Å². The van der Waals surface area contributed by atoms with Crippen LogP contribution in [0.25, 0.3) is 6.08 Å². The lowest BCUT2D eigenvalue weighted by atomic mass is 9.77. The van der Waals surface area contributed by atoms with Gasteiger partial charge in [0.1, 0.15) is 0 Å². The van der Waals surface area contributed by atoms with Gasteiger partial charge in [0.15, 0.2) is 5.78 Å². The van der Waals surface area contributed by atoms with Crippen molar-refractivity contribution >= 4 is 24.7 Å². The maximum absolute atomic E-state index is 11.5. The van der Waals surface area contributed by atoms with Crippen LogP contribution in [0.3, 0.4) is 0 Å². The van der Waals surface area contributed by atoms with Gasteiger partial charge in [-0.3, -0.25) is 4.79 Å². The molecule has 1 aromatic rings. The molecule has 1 aliphatic heterocycles. The molecule has 1 aromatic carbocycles. The van der Waals surface area contributed by atoms with Crippen molar-refractivity contribution in [2.75, 3.05) is 19.3 Å². The lowest BCUT2D eigenvalue weighted by molar-refractivity contribution is 0.00578. The number of nitrogens with one attached hydrogen (secondary N) is 1. The van der Waals surface area contributed by atoms with Crippen LogP contribution in [0, 0.1) is 0 Å². The van der Waals surface area contributed by atoms with Gasteiger partial charge < -0.3 is 20.4 Å². The Labute approximate surface area is 144 Å². The first kappa shape index (κ1) is 18.7. The van der Waals surface area contributed by atoms with E-state index in [9.17, 15) is 4.79 Å². The Morgan fingerprint density at radius 2 is 1.83 bits per heavy atom. The number of ketones is 1. The second kappa shape index (κ2) is 6.71.